The number of sulfonamides is 1. The summed E-state index contributed by atoms with van der Waals surface area (Å²) in [6.45, 7) is 0.743. The van der Waals surface area contributed by atoms with E-state index in [9.17, 15) is 18.0 Å². The Kier molecular flexibility index (Phi) is 6.46. The van der Waals surface area contributed by atoms with Gasteiger partial charge in [-0.1, -0.05) is 12.1 Å². The summed E-state index contributed by atoms with van der Waals surface area (Å²) >= 11 is 0. The number of ketones is 1. The molecule has 0 radical (unpaired) electrons. The second kappa shape index (κ2) is 9.71. The number of fused-ring (bicyclic) bond motifs is 1. The van der Waals surface area contributed by atoms with Crippen LogP contribution in [0.4, 0.5) is 5.69 Å². The lowest BCUT2D eigenvalue weighted by molar-refractivity contribution is -0.114. The van der Waals surface area contributed by atoms with Crippen LogP contribution < -0.4 is 14.4 Å². The van der Waals surface area contributed by atoms with E-state index in [4.69, 9.17) is 9.47 Å². The first-order chi connectivity index (χ1) is 17.4. The molecule has 2 aliphatic heterocycles. The van der Waals surface area contributed by atoms with Gasteiger partial charge in [0.2, 0.25) is 10.0 Å². The van der Waals surface area contributed by atoms with Crippen LogP contribution >= 0.6 is 0 Å². The number of amides is 1. The Hall–Kier alpha value is -3.76. The van der Waals surface area contributed by atoms with Crippen molar-refractivity contribution in [3.05, 3.63) is 78.1 Å². The van der Waals surface area contributed by atoms with E-state index in [-0.39, 0.29) is 29.7 Å². The van der Waals surface area contributed by atoms with E-state index in [0.29, 0.717) is 36.6 Å². The summed E-state index contributed by atoms with van der Waals surface area (Å²) < 4.78 is 39.4. The van der Waals surface area contributed by atoms with Crippen molar-refractivity contribution in [3.8, 4) is 11.5 Å². The first-order valence-electron chi connectivity index (χ1n) is 11.6. The third kappa shape index (κ3) is 4.45. The Morgan fingerprint density at radius 2 is 1.86 bits per heavy atom. The van der Waals surface area contributed by atoms with E-state index in [1.165, 1.54) is 27.4 Å². The molecule has 5 rings (SSSR count). The second-order valence-corrected chi connectivity index (χ2v) is 10.5. The number of Topliss-reactive ketones (excluding diaryl/α,β-unsaturated/α-hetero) is 1. The monoisotopic (exact) mass is 507 g/mol. The minimum absolute atomic E-state index is 0.0121. The standard InChI is InChI=1S/C26H25N3O6S/c1-34-20-8-6-18(7-9-20)16-28-24-11-10-22(14-23(24)25(30)26(28)31)36(32,33)29-13-3-4-19(29)17-35-21-5-2-12-27-15-21/h2,5-12,14-15,19H,3-4,13,16-17H2,1H3. The van der Waals surface area contributed by atoms with Gasteiger partial charge in [0, 0.05) is 12.7 Å². The normalized spacial score (nSPS) is 17.9. The van der Waals surface area contributed by atoms with Crippen LogP contribution in [0.25, 0.3) is 0 Å². The smallest absolute Gasteiger partial charge is 0.299 e. The maximum atomic E-state index is 13.5. The molecule has 1 unspecified atom stereocenters. The number of pyridine rings is 1. The van der Waals surface area contributed by atoms with Gasteiger partial charge in [0.15, 0.2) is 0 Å². The van der Waals surface area contributed by atoms with Crippen molar-refractivity contribution in [1.29, 1.82) is 0 Å². The Morgan fingerprint density at radius 3 is 2.58 bits per heavy atom. The molecule has 1 amide bonds. The number of aromatic nitrogens is 1. The molecule has 0 bridgehead atoms. The van der Waals surface area contributed by atoms with Crippen molar-refractivity contribution < 1.29 is 27.5 Å². The van der Waals surface area contributed by atoms with Gasteiger partial charge in [0.1, 0.15) is 18.1 Å². The van der Waals surface area contributed by atoms with Gasteiger partial charge in [0.25, 0.3) is 11.7 Å². The first kappa shape index (κ1) is 24.0. The summed E-state index contributed by atoms with van der Waals surface area (Å²) in [5.74, 6) is -0.142. The predicted molar refractivity (Wildman–Crippen MR) is 132 cm³/mol. The first-order valence-corrected chi connectivity index (χ1v) is 13.0. The largest absolute Gasteiger partial charge is 0.497 e. The molecule has 0 aliphatic carbocycles. The molecule has 36 heavy (non-hydrogen) atoms. The number of carbonyl (C=O) groups is 2. The number of anilines is 1. The highest BCUT2D eigenvalue weighted by molar-refractivity contribution is 7.89. The number of methoxy groups -OCH3 is 1. The zero-order valence-corrected chi connectivity index (χ0v) is 20.5. The molecule has 1 aromatic heterocycles. The van der Waals surface area contributed by atoms with Gasteiger partial charge in [-0.15, -0.1) is 0 Å². The lowest BCUT2D eigenvalue weighted by atomic mass is 10.1. The van der Waals surface area contributed by atoms with Crippen LogP contribution in [-0.2, 0) is 21.4 Å². The van der Waals surface area contributed by atoms with Gasteiger partial charge in [-0.2, -0.15) is 4.31 Å². The quantitative estimate of drug-likeness (QED) is 0.432. The number of hydrogen-bond donors (Lipinski definition) is 0. The van der Waals surface area contributed by atoms with E-state index in [1.54, 1.807) is 43.8 Å². The molecule has 9 nitrogen and oxygen atoms in total. The maximum absolute atomic E-state index is 13.5. The molecular formula is C26H25N3O6S. The Balaban J connectivity index is 1.37. The highest BCUT2D eigenvalue weighted by Crippen LogP contribution is 2.34. The minimum atomic E-state index is -3.90. The molecule has 0 N–H and O–H groups in total. The topological polar surface area (TPSA) is 106 Å². The number of carbonyl (C=O) groups excluding carboxylic acids is 2. The summed E-state index contributed by atoms with van der Waals surface area (Å²) in [5.41, 5.74) is 1.31. The van der Waals surface area contributed by atoms with Crippen molar-refractivity contribution in [2.45, 2.75) is 30.3 Å². The molecular weight excluding hydrogens is 482 g/mol. The number of nitrogens with zero attached hydrogens (tertiary/aromatic N) is 3. The minimum Gasteiger partial charge on any atom is -0.497 e. The van der Waals surface area contributed by atoms with Gasteiger partial charge in [-0.05, 0) is 60.9 Å². The third-order valence-corrected chi connectivity index (χ3v) is 8.40. The number of ether oxygens (including phenoxy) is 2. The highest BCUT2D eigenvalue weighted by Gasteiger charge is 2.40. The molecule has 0 saturated carbocycles. The molecule has 186 valence electrons. The summed E-state index contributed by atoms with van der Waals surface area (Å²) in [7, 11) is -2.33. The lowest BCUT2D eigenvalue weighted by Crippen LogP contribution is -2.39. The highest BCUT2D eigenvalue weighted by atomic mass is 32.2. The van der Waals surface area contributed by atoms with Gasteiger partial charge in [-0.25, -0.2) is 8.42 Å². The molecule has 0 spiro atoms. The number of benzene rings is 2. The fourth-order valence-corrected chi connectivity index (χ4v) is 6.27. The predicted octanol–water partition coefficient (Wildman–Crippen LogP) is 3.05. The van der Waals surface area contributed by atoms with Crippen molar-refractivity contribution in [2.75, 3.05) is 25.2 Å². The van der Waals surface area contributed by atoms with Gasteiger partial charge < -0.3 is 14.4 Å². The molecule has 1 fully saturated rings. The van der Waals surface area contributed by atoms with Crippen LogP contribution in [0.5, 0.6) is 11.5 Å². The Bertz CT molecular complexity index is 1390. The van der Waals surface area contributed by atoms with E-state index in [0.717, 1.165) is 5.56 Å². The Labute approximate surface area is 209 Å². The average molecular weight is 508 g/mol. The fourth-order valence-electron chi connectivity index (χ4n) is 4.56. The summed E-state index contributed by atoms with van der Waals surface area (Å²) in [4.78, 5) is 30.9. The van der Waals surface area contributed by atoms with Gasteiger partial charge >= 0.3 is 0 Å². The molecule has 10 heteroatoms. The van der Waals surface area contributed by atoms with Gasteiger partial charge in [0.05, 0.1) is 42.0 Å². The van der Waals surface area contributed by atoms with Crippen LogP contribution in [-0.4, -0.2) is 55.7 Å². The summed E-state index contributed by atoms with van der Waals surface area (Å²) in [5, 5.41) is 0. The lowest BCUT2D eigenvalue weighted by Gasteiger charge is -2.24. The summed E-state index contributed by atoms with van der Waals surface area (Å²) in [6.07, 6.45) is 4.58. The van der Waals surface area contributed by atoms with Crippen LogP contribution in [0.1, 0.15) is 28.8 Å². The molecule has 1 saturated heterocycles. The number of rotatable bonds is 8. The SMILES string of the molecule is COc1ccc(CN2C(=O)C(=O)c3cc(S(=O)(=O)N4CCCC4COc4cccnc4)ccc32)cc1. The van der Waals surface area contributed by atoms with Gasteiger partial charge in [-0.3, -0.25) is 14.6 Å². The maximum Gasteiger partial charge on any atom is 0.299 e. The van der Waals surface area contributed by atoms with E-state index in [2.05, 4.69) is 4.98 Å². The second-order valence-electron chi connectivity index (χ2n) is 8.66. The average Bonchev–Trinajstić information content (AvgIpc) is 3.48. The molecule has 1 atom stereocenters. The fraction of sp³-hybridized carbons (Fsp3) is 0.269. The molecule has 3 aromatic rings. The van der Waals surface area contributed by atoms with E-state index < -0.39 is 21.7 Å². The van der Waals surface area contributed by atoms with Crippen LogP contribution in [0.15, 0.2) is 71.9 Å². The van der Waals surface area contributed by atoms with E-state index in [1.807, 2.05) is 12.1 Å². The van der Waals surface area contributed by atoms with E-state index >= 15 is 0 Å². The van der Waals surface area contributed by atoms with Crippen LogP contribution in [0.3, 0.4) is 0 Å². The molecule has 3 heterocycles. The number of hydrogen-bond acceptors (Lipinski definition) is 7. The van der Waals surface area contributed by atoms with Crippen molar-refractivity contribution in [2.24, 2.45) is 0 Å². The summed E-state index contributed by atoms with van der Waals surface area (Å²) in [6, 6.07) is 14.7. The zero-order chi connectivity index (χ0) is 25.3. The van der Waals surface area contributed by atoms with Crippen molar-refractivity contribution in [3.63, 3.8) is 0 Å². The molecule has 2 aromatic carbocycles. The zero-order valence-electron chi connectivity index (χ0n) is 19.7. The van der Waals surface area contributed by atoms with Crippen molar-refractivity contribution >= 4 is 27.4 Å². The van der Waals surface area contributed by atoms with Crippen LogP contribution in [0, 0.1) is 0 Å². The Morgan fingerprint density at radius 1 is 1.06 bits per heavy atom. The molecule has 2 aliphatic rings. The third-order valence-electron chi connectivity index (χ3n) is 6.45. The van der Waals surface area contributed by atoms with Crippen molar-refractivity contribution in [1.82, 2.24) is 9.29 Å². The van der Waals surface area contributed by atoms with Crippen LogP contribution in [0.2, 0.25) is 0 Å².